The first-order valence-electron chi connectivity index (χ1n) is 7.73. The van der Waals surface area contributed by atoms with Crippen LogP contribution in [-0.4, -0.2) is 58.5 Å². The minimum Gasteiger partial charge on any atom is -0.462 e. The van der Waals surface area contributed by atoms with Crippen LogP contribution in [0.2, 0.25) is 0 Å². The second-order valence-corrected chi connectivity index (χ2v) is 5.65. The average molecular weight is 337 g/mol. The Morgan fingerprint density at radius 2 is 2.08 bits per heavy atom. The number of nitrogens with one attached hydrogen (secondary N) is 1. The number of rotatable bonds is 6. The van der Waals surface area contributed by atoms with Crippen LogP contribution in [-0.2, 0) is 16.0 Å². The summed E-state index contributed by atoms with van der Waals surface area (Å²) in [7, 11) is 0. The van der Waals surface area contributed by atoms with Crippen molar-refractivity contribution >= 4 is 5.91 Å². The first-order chi connectivity index (χ1) is 11.5. The smallest absolute Gasteiger partial charge is 0.223 e. The molecule has 0 spiro atoms. The molecule has 0 saturated carbocycles. The molecule has 1 fully saturated rings. The molecule has 2 rings (SSSR count). The summed E-state index contributed by atoms with van der Waals surface area (Å²) in [5, 5.41) is 32.1. The van der Waals surface area contributed by atoms with Crippen LogP contribution in [0.25, 0.3) is 0 Å². The zero-order chi connectivity index (χ0) is 17.7. The molecule has 1 aromatic carbocycles. The third-order valence-corrected chi connectivity index (χ3v) is 3.83. The zero-order valence-corrected chi connectivity index (χ0v) is 13.5. The Morgan fingerprint density at radius 1 is 1.38 bits per heavy atom. The minimum absolute atomic E-state index is 0.398. The molecule has 5 atom stereocenters. The Balaban J connectivity index is 2.26. The molecule has 0 aromatic heterocycles. The summed E-state index contributed by atoms with van der Waals surface area (Å²) in [5.41, 5.74) is 0.860. The van der Waals surface area contributed by atoms with E-state index in [4.69, 9.17) is 9.47 Å². The van der Waals surface area contributed by atoms with E-state index in [2.05, 4.69) is 11.9 Å². The van der Waals surface area contributed by atoms with Crippen molar-refractivity contribution in [3.8, 4) is 5.75 Å². The molecule has 1 saturated heterocycles. The van der Waals surface area contributed by atoms with Gasteiger partial charge in [0.25, 0.3) is 0 Å². The van der Waals surface area contributed by atoms with Crippen molar-refractivity contribution in [2.24, 2.45) is 0 Å². The van der Waals surface area contributed by atoms with Gasteiger partial charge in [0.15, 0.2) is 0 Å². The van der Waals surface area contributed by atoms with Crippen LogP contribution in [0, 0.1) is 0 Å². The van der Waals surface area contributed by atoms with Crippen molar-refractivity contribution in [3.63, 3.8) is 0 Å². The average Bonchev–Trinajstić information content (AvgIpc) is 2.56. The highest BCUT2D eigenvalue weighted by Gasteiger charge is 2.46. The van der Waals surface area contributed by atoms with Gasteiger partial charge in [-0.3, -0.25) is 4.79 Å². The number of hydrogen-bond donors (Lipinski definition) is 4. The van der Waals surface area contributed by atoms with Crippen molar-refractivity contribution in [1.82, 2.24) is 5.32 Å². The van der Waals surface area contributed by atoms with E-state index in [1.807, 2.05) is 12.1 Å². The number of para-hydroxylation sites is 1. The number of hydrogen-bond acceptors (Lipinski definition) is 6. The molecule has 132 valence electrons. The molecular formula is C17H23NO6. The van der Waals surface area contributed by atoms with Gasteiger partial charge in [0.05, 0.1) is 6.61 Å². The standard InChI is InChI=1S/C17H23NO6/c1-3-6-11-7-4-5-8-12(11)23-17-14(18-10(2)20)16(22)15(21)13(9-19)24-17/h3-5,7-8,13-17,19,21-22H,1,6,9H2,2H3,(H,18,20)/t13-,14-,15+,16-,17-/m1/s1. The molecule has 0 bridgehead atoms. The van der Waals surface area contributed by atoms with Gasteiger partial charge in [-0.1, -0.05) is 24.3 Å². The van der Waals surface area contributed by atoms with E-state index < -0.39 is 43.2 Å². The third kappa shape index (κ3) is 4.12. The fourth-order valence-corrected chi connectivity index (χ4v) is 2.64. The fourth-order valence-electron chi connectivity index (χ4n) is 2.64. The minimum atomic E-state index is -1.34. The summed E-state index contributed by atoms with van der Waals surface area (Å²) >= 11 is 0. The van der Waals surface area contributed by atoms with E-state index in [0.717, 1.165) is 5.56 Å². The molecule has 4 N–H and O–H groups in total. The van der Waals surface area contributed by atoms with Crippen molar-refractivity contribution in [3.05, 3.63) is 42.5 Å². The summed E-state index contributed by atoms with van der Waals surface area (Å²) in [6.07, 6.45) is -2.45. The Bertz CT molecular complexity index is 578. The number of aliphatic hydroxyl groups excluding tert-OH is 3. The molecule has 0 aliphatic carbocycles. The van der Waals surface area contributed by atoms with E-state index in [-0.39, 0.29) is 0 Å². The molecule has 1 aliphatic rings. The van der Waals surface area contributed by atoms with Crippen molar-refractivity contribution in [2.45, 2.75) is 44.0 Å². The molecule has 7 nitrogen and oxygen atoms in total. The van der Waals surface area contributed by atoms with Gasteiger partial charge in [0.2, 0.25) is 12.2 Å². The first-order valence-corrected chi connectivity index (χ1v) is 7.73. The number of carbonyl (C=O) groups excluding carboxylic acids is 1. The van der Waals surface area contributed by atoms with Gasteiger partial charge in [0.1, 0.15) is 30.1 Å². The van der Waals surface area contributed by atoms with Gasteiger partial charge in [-0.2, -0.15) is 0 Å². The van der Waals surface area contributed by atoms with Crippen molar-refractivity contribution in [1.29, 1.82) is 0 Å². The topological polar surface area (TPSA) is 108 Å². The summed E-state index contributed by atoms with van der Waals surface area (Å²) < 4.78 is 11.4. The number of ether oxygens (including phenoxy) is 2. The lowest BCUT2D eigenvalue weighted by Gasteiger charge is -2.42. The van der Waals surface area contributed by atoms with Crippen LogP contribution in [0.15, 0.2) is 36.9 Å². The van der Waals surface area contributed by atoms with E-state index in [0.29, 0.717) is 12.2 Å². The molecule has 1 aliphatic heterocycles. The Morgan fingerprint density at radius 3 is 2.71 bits per heavy atom. The molecule has 7 heteroatoms. The van der Waals surface area contributed by atoms with Crippen molar-refractivity contribution < 1.29 is 29.6 Å². The van der Waals surface area contributed by atoms with Crippen LogP contribution in [0.4, 0.5) is 0 Å². The predicted molar refractivity (Wildman–Crippen MR) is 86.3 cm³/mol. The second kappa shape index (κ2) is 8.25. The molecule has 0 radical (unpaired) electrons. The first kappa shape index (κ1) is 18.4. The number of benzene rings is 1. The maximum Gasteiger partial charge on any atom is 0.223 e. The molecular weight excluding hydrogens is 314 g/mol. The van der Waals surface area contributed by atoms with Gasteiger partial charge < -0.3 is 30.1 Å². The van der Waals surface area contributed by atoms with E-state index in [9.17, 15) is 20.1 Å². The molecule has 1 heterocycles. The largest absolute Gasteiger partial charge is 0.462 e. The number of aliphatic hydroxyl groups is 3. The van der Waals surface area contributed by atoms with E-state index >= 15 is 0 Å². The summed E-state index contributed by atoms with van der Waals surface area (Å²) in [6, 6.07) is 6.26. The van der Waals surface area contributed by atoms with Crippen LogP contribution in [0.3, 0.4) is 0 Å². The van der Waals surface area contributed by atoms with E-state index in [1.165, 1.54) is 6.92 Å². The predicted octanol–water partition coefficient (Wildman–Crippen LogP) is -0.262. The van der Waals surface area contributed by atoms with Crippen molar-refractivity contribution in [2.75, 3.05) is 6.61 Å². The summed E-state index contributed by atoms with van der Waals surface area (Å²) in [4.78, 5) is 11.4. The molecule has 24 heavy (non-hydrogen) atoms. The van der Waals surface area contributed by atoms with Gasteiger partial charge in [0, 0.05) is 6.92 Å². The summed E-state index contributed by atoms with van der Waals surface area (Å²) in [5.74, 6) is 0.114. The number of carbonyl (C=O) groups is 1. The van der Waals surface area contributed by atoms with Crippen LogP contribution in [0.5, 0.6) is 5.75 Å². The maximum absolute atomic E-state index is 11.4. The zero-order valence-electron chi connectivity index (χ0n) is 13.5. The highest BCUT2D eigenvalue weighted by molar-refractivity contribution is 5.73. The lowest BCUT2D eigenvalue weighted by atomic mass is 9.97. The number of amides is 1. The fraction of sp³-hybridized carbons (Fsp3) is 0.471. The Labute approximate surface area is 140 Å². The monoisotopic (exact) mass is 337 g/mol. The van der Waals surface area contributed by atoms with Gasteiger partial charge in [-0.25, -0.2) is 0 Å². The highest BCUT2D eigenvalue weighted by atomic mass is 16.7. The van der Waals surface area contributed by atoms with Gasteiger partial charge in [-0.05, 0) is 18.1 Å². The third-order valence-electron chi connectivity index (χ3n) is 3.83. The molecule has 0 unspecified atom stereocenters. The Hall–Kier alpha value is -1.93. The van der Waals surface area contributed by atoms with Gasteiger partial charge in [-0.15, -0.1) is 6.58 Å². The Kier molecular flexibility index (Phi) is 6.33. The van der Waals surface area contributed by atoms with Crippen LogP contribution in [0.1, 0.15) is 12.5 Å². The lowest BCUT2D eigenvalue weighted by Crippen LogP contribution is -2.65. The quantitative estimate of drug-likeness (QED) is 0.533. The summed E-state index contributed by atoms with van der Waals surface area (Å²) in [6.45, 7) is 4.50. The van der Waals surface area contributed by atoms with E-state index in [1.54, 1.807) is 18.2 Å². The van der Waals surface area contributed by atoms with Gasteiger partial charge >= 0.3 is 0 Å². The molecule has 1 amide bonds. The normalized spacial score (nSPS) is 29.8. The second-order valence-electron chi connectivity index (χ2n) is 5.65. The lowest BCUT2D eigenvalue weighted by molar-refractivity contribution is -0.244. The SMILES string of the molecule is C=CCc1ccccc1O[C@@H]1O[C@H](CO)[C@H](O)[C@H](O)[C@H]1NC(C)=O. The molecule has 1 aromatic rings. The number of allylic oxidation sites excluding steroid dienone is 1. The van der Waals surface area contributed by atoms with Crippen LogP contribution < -0.4 is 10.1 Å². The highest BCUT2D eigenvalue weighted by Crippen LogP contribution is 2.27. The van der Waals surface area contributed by atoms with Crippen LogP contribution >= 0.6 is 0 Å². The maximum atomic E-state index is 11.4.